The van der Waals surface area contributed by atoms with Crippen molar-refractivity contribution in [3.8, 4) is 0 Å². The highest BCUT2D eigenvalue weighted by molar-refractivity contribution is 5.95. The van der Waals surface area contributed by atoms with Crippen molar-refractivity contribution in [1.29, 1.82) is 0 Å². The van der Waals surface area contributed by atoms with E-state index in [9.17, 15) is 0 Å². The van der Waals surface area contributed by atoms with Crippen LogP contribution in [-0.2, 0) is 0 Å². The zero-order chi connectivity index (χ0) is 6.50. The summed E-state index contributed by atoms with van der Waals surface area (Å²) < 4.78 is 1.00. The van der Waals surface area contributed by atoms with Gasteiger partial charge in [0, 0.05) is 0 Å². The van der Waals surface area contributed by atoms with Crippen LogP contribution >= 0.6 is 0 Å². The first kappa shape index (κ1) is 15.7. The van der Waals surface area contributed by atoms with Crippen LogP contribution in [0.4, 0.5) is 0 Å². The Bertz CT molecular complexity index is 29.5. The van der Waals surface area contributed by atoms with Gasteiger partial charge in [-0.3, -0.25) is 0 Å². The summed E-state index contributed by atoms with van der Waals surface area (Å²) >= 11 is 0. The van der Waals surface area contributed by atoms with E-state index in [1.165, 1.54) is 0 Å². The molecule has 4 heteroatoms. The fourth-order valence-corrected chi connectivity index (χ4v) is 0. The molecule has 54 valence electrons. The van der Waals surface area contributed by atoms with E-state index in [1.807, 2.05) is 0 Å². The standard InChI is InChI=1S/C4H12N.H4OSi.H2O/c1-5(2,3)4;1-2;/h1-4H3;1H,2H3;1H2/q+1;;/p-1. The van der Waals surface area contributed by atoms with E-state index in [0.717, 1.165) is 4.48 Å². The summed E-state index contributed by atoms with van der Waals surface area (Å²) in [6, 6.07) is 0. The Labute approximate surface area is 54.4 Å². The second-order valence-electron chi connectivity index (χ2n) is 2.68. The first-order chi connectivity index (χ1) is 3.00. The smallest absolute Gasteiger partial charge is 0.141 e. The maximum Gasteiger partial charge on any atom is 0.141 e. The molecule has 0 radical (unpaired) electrons. The average molecular weight is 139 g/mol. The summed E-state index contributed by atoms with van der Waals surface area (Å²) in [5.41, 5.74) is 0. The minimum absolute atomic E-state index is 0. The molecule has 0 unspecified atom stereocenters. The van der Waals surface area contributed by atoms with Gasteiger partial charge < -0.3 is 14.8 Å². The van der Waals surface area contributed by atoms with E-state index in [0.29, 0.717) is 10.5 Å². The minimum atomic E-state index is 0. The lowest BCUT2D eigenvalue weighted by Crippen LogP contribution is -2.27. The molecule has 0 aromatic carbocycles. The first-order valence-corrected chi connectivity index (χ1v) is 3.13. The summed E-state index contributed by atoms with van der Waals surface area (Å²) in [5.74, 6) is 0. The van der Waals surface area contributed by atoms with E-state index >= 15 is 0 Å². The van der Waals surface area contributed by atoms with Crippen LogP contribution in [0.1, 0.15) is 0 Å². The van der Waals surface area contributed by atoms with Crippen molar-refractivity contribution in [2.45, 2.75) is 0 Å². The molecule has 0 atom stereocenters. The van der Waals surface area contributed by atoms with Gasteiger partial charge in [-0.05, 0) is 0 Å². The van der Waals surface area contributed by atoms with Crippen LogP contribution in [0, 0.1) is 0 Å². The van der Waals surface area contributed by atoms with Crippen LogP contribution < -0.4 is 0 Å². The lowest BCUT2D eigenvalue weighted by atomic mass is 10.8. The molecule has 3 nitrogen and oxygen atoms in total. The molecule has 0 spiro atoms. The van der Waals surface area contributed by atoms with Crippen molar-refractivity contribution >= 4 is 10.5 Å². The van der Waals surface area contributed by atoms with Gasteiger partial charge in [0.1, 0.15) is 10.5 Å². The van der Waals surface area contributed by atoms with E-state index in [4.69, 9.17) is 4.80 Å². The first-order valence-electron chi connectivity index (χ1n) is 2.24. The van der Waals surface area contributed by atoms with Gasteiger partial charge in [0.2, 0.25) is 0 Å². The average Bonchev–Trinajstić information content (AvgIpc) is 1.36. The monoisotopic (exact) mass is 139 g/mol. The molecular formula is C4H17NO2Si. The quantitative estimate of drug-likeness (QED) is 0.325. The van der Waals surface area contributed by atoms with Gasteiger partial charge in [0.25, 0.3) is 0 Å². The van der Waals surface area contributed by atoms with E-state index in [1.54, 1.807) is 0 Å². The van der Waals surface area contributed by atoms with Gasteiger partial charge >= 0.3 is 0 Å². The van der Waals surface area contributed by atoms with Crippen molar-refractivity contribution < 1.29 is 14.8 Å². The Hall–Kier alpha value is 0.0969. The highest BCUT2D eigenvalue weighted by Crippen LogP contribution is 1.73. The zero-order valence-electron chi connectivity index (χ0n) is 6.34. The van der Waals surface area contributed by atoms with Gasteiger partial charge in [-0.15, -0.1) is 0 Å². The number of quaternary nitrogens is 1. The van der Waals surface area contributed by atoms with E-state index in [-0.39, 0.29) is 5.48 Å². The summed E-state index contributed by atoms with van der Waals surface area (Å²) in [6.45, 7) is 0. The Balaban J connectivity index is -0.0000000750. The number of rotatable bonds is 0. The van der Waals surface area contributed by atoms with Crippen molar-refractivity contribution in [3.63, 3.8) is 0 Å². The molecular weight excluding hydrogens is 122 g/mol. The molecule has 0 saturated heterocycles. The van der Waals surface area contributed by atoms with Crippen molar-refractivity contribution in [1.82, 2.24) is 0 Å². The topological polar surface area (TPSA) is 50.2 Å². The lowest BCUT2D eigenvalue weighted by Gasteiger charge is -2.14. The van der Waals surface area contributed by atoms with Crippen LogP contribution in [0.3, 0.4) is 0 Å². The third-order valence-electron chi connectivity index (χ3n) is 0. The molecule has 0 bridgehead atoms. The normalized spacial score (nSPS) is 8.62. The number of nitrogens with zero attached hydrogens (tertiary/aromatic N) is 1. The molecule has 8 heavy (non-hydrogen) atoms. The zero-order valence-corrected chi connectivity index (χ0v) is 8.34. The minimum Gasteiger partial charge on any atom is -0.870 e. The van der Waals surface area contributed by atoms with Gasteiger partial charge in [-0.1, -0.05) is 0 Å². The van der Waals surface area contributed by atoms with Gasteiger partial charge in [0.15, 0.2) is 0 Å². The van der Waals surface area contributed by atoms with Crippen molar-refractivity contribution in [3.05, 3.63) is 0 Å². The Morgan fingerprint density at radius 3 is 1.00 bits per heavy atom. The summed E-state index contributed by atoms with van der Waals surface area (Å²) in [4.78, 5) is 7.14. The van der Waals surface area contributed by atoms with Crippen LogP contribution in [-0.4, -0.2) is 53.4 Å². The second-order valence-corrected chi connectivity index (χ2v) is 2.68. The van der Waals surface area contributed by atoms with Crippen LogP contribution in [0.25, 0.3) is 0 Å². The summed E-state index contributed by atoms with van der Waals surface area (Å²) in [5, 5.41) is 0. The highest BCUT2D eigenvalue weighted by atomic mass is 28.2. The van der Waals surface area contributed by atoms with Gasteiger partial charge in [-0.2, -0.15) is 0 Å². The van der Waals surface area contributed by atoms with Crippen LogP contribution in [0.15, 0.2) is 0 Å². The SMILES string of the molecule is C[N+](C)(C)C.O[SiH3].[OH-]. The second kappa shape index (κ2) is 7.10. The number of hydrogen-bond acceptors (Lipinski definition) is 2. The molecule has 0 heterocycles. The molecule has 0 aromatic heterocycles. The maximum absolute atomic E-state index is 7.14. The Morgan fingerprint density at radius 1 is 1.00 bits per heavy atom. The summed E-state index contributed by atoms with van der Waals surface area (Å²) in [6.07, 6.45) is 0. The molecule has 0 saturated carbocycles. The van der Waals surface area contributed by atoms with E-state index in [2.05, 4.69) is 28.2 Å². The van der Waals surface area contributed by atoms with Gasteiger partial charge in [0.05, 0.1) is 28.2 Å². The molecule has 0 aliphatic rings. The fraction of sp³-hybridized carbons (Fsp3) is 1.00. The third kappa shape index (κ3) is 16900. The van der Waals surface area contributed by atoms with Crippen molar-refractivity contribution in [2.24, 2.45) is 0 Å². The van der Waals surface area contributed by atoms with E-state index < -0.39 is 0 Å². The highest BCUT2D eigenvalue weighted by Gasteiger charge is 1.88. The molecule has 0 aromatic rings. The Kier molecular flexibility index (Phi) is 13.9. The molecule has 0 amide bonds. The lowest BCUT2D eigenvalue weighted by molar-refractivity contribution is -0.849. The molecule has 0 aliphatic heterocycles. The van der Waals surface area contributed by atoms with Gasteiger partial charge in [-0.25, -0.2) is 0 Å². The van der Waals surface area contributed by atoms with Crippen molar-refractivity contribution in [2.75, 3.05) is 28.2 Å². The molecule has 0 aliphatic carbocycles. The largest absolute Gasteiger partial charge is 0.870 e. The summed E-state index contributed by atoms with van der Waals surface area (Å²) in [7, 11) is 8.81. The fourth-order valence-electron chi connectivity index (χ4n) is 0. The Morgan fingerprint density at radius 2 is 1.00 bits per heavy atom. The molecule has 0 rings (SSSR count). The maximum atomic E-state index is 7.14. The molecule has 0 fully saturated rings. The third-order valence-corrected chi connectivity index (χ3v) is 0. The van der Waals surface area contributed by atoms with Crippen LogP contribution in [0.5, 0.6) is 0 Å². The predicted octanol–water partition coefficient (Wildman–Crippen LogP) is -1.60. The van der Waals surface area contributed by atoms with Crippen LogP contribution in [0.2, 0.25) is 0 Å². The number of hydrogen-bond donors (Lipinski definition) is 1. The predicted molar refractivity (Wildman–Crippen MR) is 38.0 cm³/mol. The molecule has 2 N–H and O–H groups in total.